The van der Waals surface area contributed by atoms with Crippen LogP contribution in [0.3, 0.4) is 0 Å². The Hall–Kier alpha value is -2.43. The largest absolute Gasteiger partial charge is 0.422 e. The van der Waals surface area contributed by atoms with Gasteiger partial charge in [-0.25, -0.2) is 4.79 Å². The number of nitrogens with zero attached hydrogens (tertiary/aromatic N) is 1. The van der Waals surface area contributed by atoms with Gasteiger partial charge in [0.1, 0.15) is 5.58 Å². The van der Waals surface area contributed by atoms with Gasteiger partial charge in [-0.3, -0.25) is 4.90 Å². The van der Waals surface area contributed by atoms with E-state index < -0.39 is 0 Å². The third-order valence-electron chi connectivity index (χ3n) is 5.37. The maximum atomic E-state index is 12.9. The van der Waals surface area contributed by atoms with Crippen molar-refractivity contribution in [3.05, 3.63) is 69.6 Å². The minimum Gasteiger partial charge on any atom is -0.422 e. The van der Waals surface area contributed by atoms with Gasteiger partial charge in [-0.2, -0.15) is 0 Å². The molecule has 0 unspecified atom stereocenters. The highest BCUT2D eigenvalue weighted by Crippen LogP contribution is 2.34. The number of hydrogen-bond donors (Lipinski definition) is 1. The van der Waals surface area contributed by atoms with Gasteiger partial charge in [0.05, 0.1) is 5.56 Å². The number of fused-ring (bicyclic) bond motifs is 1. The SMILES string of the molecule is Cc1cccc(-c2c(CN3CCNCC3)c(=O)oc3ccccc23)c1C. The van der Waals surface area contributed by atoms with Gasteiger partial charge in [0.25, 0.3) is 0 Å². The van der Waals surface area contributed by atoms with Crippen molar-refractivity contribution in [2.24, 2.45) is 0 Å². The number of piperazine rings is 1. The first-order valence-electron chi connectivity index (χ1n) is 9.19. The van der Waals surface area contributed by atoms with Crippen LogP contribution in [0.2, 0.25) is 0 Å². The molecule has 1 fully saturated rings. The normalized spacial score (nSPS) is 15.5. The summed E-state index contributed by atoms with van der Waals surface area (Å²) in [5, 5.41) is 4.37. The Morgan fingerprint density at radius 2 is 1.81 bits per heavy atom. The van der Waals surface area contributed by atoms with Gasteiger partial charge < -0.3 is 9.73 Å². The van der Waals surface area contributed by atoms with Crippen LogP contribution < -0.4 is 10.9 Å². The average Bonchev–Trinajstić information content (AvgIpc) is 2.66. The highest BCUT2D eigenvalue weighted by molar-refractivity contribution is 5.95. The van der Waals surface area contributed by atoms with E-state index in [0.717, 1.165) is 48.3 Å². The fourth-order valence-corrected chi connectivity index (χ4v) is 3.75. The Labute approximate surface area is 153 Å². The molecule has 1 aromatic heterocycles. The predicted molar refractivity (Wildman–Crippen MR) is 106 cm³/mol. The number of hydrogen-bond acceptors (Lipinski definition) is 4. The molecule has 1 saturated heterocycles. The molecule has 0 saturated carbocycles. The van der Waals surface area contributed by atoms with E-state index in [1.54, 1.807) is 0 Å². The maximum absolute atomic E-state index is 12.9. The first-order chi connectivity index (χ1) is 12.6. The minimum absolute atomic E-state index is 0.224. The molecule has 0 spiro atoms. The molecule has 1 N–H and O–H groups in total. The fraction of sp³-hybridized carbons (Fsp3) is 0.318. The van der Waals surface area contributed by atoms with Crippen molar-refractivity contribution >= 4 is 11.0 Å². The first kappa shape index (κ1) is 17.0. The van der Waals surface area contributed by atoms with Crippen LogP contribution in [-0.4, -0.2) is 31.1 Å². The van der Waals surface area contributed by atoms with E-state index >= 15 is 0 Å². The predicted octanol–water partition coefficient (Wildman–Crippen LogP) is 3.48. The summed E-state index contributed by atoms with van der Waals surface area (Å²) >= 11 is 0. The van der Waals surface area contributed by atoms with Crippen molar-refractivity contribution < 1.29 is 4.42 Å². The molecule has 4 rings (SSSR count). The average molecular weight is 348 g/mol. The molecular weight excluding hydrogens is 324 g/mol. The van der Waals surface area contributed by atoms with E-state index in [9.17, 15) is 4.79 Å². The van der Waals surface area contributed by atoms with E-state index in [2.05, 4.69) is 48.3 Å². The van der Waals surface area contributed by atoms with Gasteiger partial charge >= 0.3 is 5.63 Å². The highest BCUT2D eigenvalue weighted by Gasteiger charge is 2.21. The second-order valence-corrected chi connectivity index (χ2v) is 7.01. The van der Waals surface area contributed by atoms with E-state index in [4.69, 9.17) is 4.42 Å². The number of rotatable bonds is 3. The van der Waals surface area contributed by atoms with E-state index in [1.165, 1.54) is 11.1 Å². The summed E-state index contributed by atoms with van der Waals surface area (Å²) in [6.45, 7) is 8.66. The zero-order valence-corrected chi connectivity index (χ0v) is 15.3. The first-order valence-corrected chi connectivity index (χ1v) is 9.19. The van der Waals surface area contributed by atoms with Crippen molar-refractivity contribution in [3.63, 3.8) is 0 Å². The van der Waals surface area contributed by atoms with Crippen molar-refractivity contribution in [1.82, 2.24) is 10.2 Å². The molecule has 0 amide bonds. The van der Waals surface area contributed by atoms with Crippen molar-refractivity contribution in [3.8, 4) is 11.1 Å². The van der Waals surface area contributed by atoms with Crippen molar-refractivity contribution in [1.29, 1.82) is 0 Å². The Morgan fingerprint density at radius 1 is 1.04 bits per heavy atom. The van der Waals surface area contributed by atoms with Crippen LogP contribution in [0.4, 0.5) is 0 Å². The van der Waals surface area contributed by atoms with Crippen LogP contribution >= 0.6 is 0 Å². The van der Waals surface area contributed by atoms with E-state index in [1.807, 2.05) is 18.2 Å². The van der Waals surface area contributed by atoms with Crippen LogP contribution in [-0.2, 0) is 6.54 Å². The number of benzene rings is 2. The van der Waals surface area contributed by atoms with Crippen molar-refractivity contribution in [2.75, 3.05) is 26.2 Å². The molecular formula is C22H24N2O2. The van der Waals surface area contributed by atoms with E-state index in [-0.39, 0.29) is 5.63 Å². The Bertz CT molecular complexity index is 1000. The molecule has 1 aliphatic heterocycles. The van der Waals surface area contributed by atoms with Crippen molar-refractivity contribution in [2.45, 2.75) is 20.4 Å². The third kappa shape index (κ3) is 3.06. The standard InChI is InChI=1S/C22H24N2O2/c1-15-6-5-8-17(16(15)2)21-18-7-3-4-9-20(18)26-22(25)19(21)14-24-12-10-23-11-13-24/h3-9,23H,10-14H2,1-2H3. The number of aryl methyl sites for hydroxylation is 1. The van der Waals surface area contributed by atoms with E-state index in [0.29, 0.717) is 12.1 Å². The maximum Gasteiger partial charge on any atom is 0.341 e. The topological polar surface area (TPSA) is 45.5 Å². The summed E-state index contributed by atoms with van der Waals surface area (Å²) in [6.07, 6.45) is 0. The smallest absolute Gasteiger partial charge is 0.341 e. The third-order valence-corrected chi connectivity index (χ3v) is 5.37. The summed E-state index contributed by atoms with van der Waals surface area (Å²) in [4.78, 5) is 15.2. The van der Waals surface area contributed by atoms with Gasteiger partial charge in [-0.05, 0) is 36.6 Å². The molecule has 1 aliphatic rings. The van der Waals surface area contributed by atoms with Crippen LogP contribution in [0, 0.1) is 13.8 Å². The molecule has 2 aromatic carbocycles. The molecule has 0 aliphatic carbocycles. The minimum atomic E-state index is -0.224. The molecule has 0 radical (unpaired) electrons. The molecule has 4 nitrogen and oxygen atoms in total. The Kier molecular flexibility index (Phi) is 4.62. The van der Waals surface area contributed by atoms with Crippen LogP contribution in [0.25, 0.3) is 22.1 Å². The quantitative estimate of drug-likeness (QED) is 0.736. The van der Waals surface area contributed by atoms with Gasteiger partial charge in [0.2, 0.25) is 0 Å². The number of nitrogens with one attached hydrogen (secondary N) is 1. The van der Waals surface area contributed by atoms with Gasteiger partial charge in [-0.1, -0.05) is 36.4 Å². The fourth-order valence-electron chi connectivity index (χ4n) is 3.75. The van der Waals surface area contributed by atoms with Gasteiger partial charge in [-0.15, -0.1) is 0 Å². The zero-order chi connectivity index (χ0) is 18.1. The van der Waals surface area contributed by atoms with Crippen LogP contribution in [0.5, 0.6) is 0 Å². The molecule has 2 heterocycles. The Morgan fingerprint density at radius 3 is 2.62 bits per heavy atom. The lowest BCUT2D eigenvalue weighted by molar-refractivity contribution is 0.231. The lowest BCUT2D eigenvalue weighted by atomic mass is 9.91. The Balaban J connectivity index is 1.96. The van der Waals surface area contributed by atoms with Crippen LogP contribution in [0.15, 0.2) is 51.7 Å². The lowest BCUT2D eigenvalue weighted by Gasteiger charge is -2.28. The second kappa shape index (κ2) is 7.06. The summed E-state index contributed by atoms with van der Waals surface area (Å²) in [7, 11) is 0. The molecule has 4 heteroatoms. The highest BCUT2D eigenvalue weighted by atomic mass is 16.4. The molecule has 0 bridgehead atoms. The van der Waals surface area contributed by atoms with Gasteiger partial charge in [0.15, 0.2) is 0 Å². The molecule has 134 valence electrons. The summed E-state index contributed by atoms with van der Waals surface area (Å²) in [5.41, 5.74) is 5.78. The molecule has 0 atom stereocenters. The second-order valence-electron chi connectivity index (χ2n) is 7.01. The number of para-hydroxylation sites is 1. The summed E-state index contributed by atoms with van der Waals surface area (Å²) in [6, 6.07) is 14.1. The lowest BCUT2D eigenvalue weighted by Crippen LogP contribution is -2.43. The summed E-state index contributed by atoms with van der Waals surface area (Å²) < 4.78 is 5.67. The monoisotopic (exact) mass is 348 g/mol. The van der Waals surface area contributed by atoms with Crippen LogP contribution in [0.1, 0.15) is 16.7 Å². The molecule has 3 aromatic rings. The summed E-state index contributed by atoms with van der Waals surface area (Å²) in [5.74, 6) is 0. The zero-order valence-electron chi connectivity index (χ0n) is 15.3. The van der Waals surface area contributed by atoms with Gasteiger partial charge in [0, 0.05) is 43.7 Å². The molecule has 26 heavy (non-hydrogen) atoms.